The molecule has 0 aliphatic heterocycles. The number of primary amides is 1. The number of aliphatic hydroxyl groups is 3. The predicted molar refractivity (Wildman–Crippen MR) is 449 cm³/mol. The molecule has 0 aliphatic carbocycles. The lowest BCUT2D eigenvalue weighted by atomic mass is 10.00. The highest BCUT2D eigenvalue weighted by atomic mass is 32.1. The topological polar surface area (TPSA) is 642 Å². The monoisotopic (exact) mass is 1710 g/mol. The van der Waals surface area contributed by atoms with Crippen molar-refractivity contribution in [1.29, 1.82) is 0 Å². The molecule has 0 bridgehead atoms. The van der Waals surface area contributed by atoms with E-state index in [9.17, 15) is 78.0 Å². The second-order valence-corrected chi connectivity index (χ2v) is 29.2. The van der Waals surface area contributed by atoms with Crippen molar-refractivity contribution in [3.05, 3.63) is 144 Å². The summed E-state index contributed by atoms with van der Waals surface area (Å²) in [7, 11) is 0. The summed E-state index contributed by atoms with van der Waals surface area (Å²) >= 11 is 8.34. The van der Waals surface area contributed by atoms with E-state index in [0.717, 1.165) is 18.7 Å². The number of hydrogen-bond donors (Lipinski definition) is 25. The SMILES string of the molecule is C[C@@H](O)[C@H](NC(=O)[C@H](Cc1ccccc1)NC(=O)[C@@H](NC(=O)[C@H](CCCCN)NC(=O)[C@H](Cc1c[nH]c2ccccc12)NC(=O)[C@H](Cc1ccccc1)NC(=O)[C@H](Cc1ccccc1)NC(=O)[C@H](CC(N)=O)NC(=O)[C@H](CCCCN)NC(=O)[C@H](CS)NC(=O)CNCCN)[C@@H](C)O)C(=O)N[C@@H](CO)C(=O)N[C@@H](CS)C(=O)N(CCN)CC(=O)O. The zero-order valence-electron chi connectivity index (χ0n) is 66.8. The Morgan fingerprint density at radius 2 is 0.800 bits per heavy atom. The number of carboxylic acids is 1. The third-order valence-electron chi connectivity index (χ3n) is 18.9. The molecule has 656 valence electrons. The van der Waals surface area contributed by atoms with Crippen LogP contribution in [0, 0.1) is 0 Å². The molecule has 0 spiro atoms. The van der Waals surface area contributed by atoms with E-state index in [4.69, 9.17) is 28.7 Å². The van der Waals surface area contributed by atoms with Crippen molar-refractivity contribution in [2.24, 2.45) is 28.7 Å². The van der Waals surface area contributed by atoms with Crippen LogP contribution in [0.4, 0.5) is 0 Å². The number of carbonyl (C=O) groups is 15. The Balaban J connectivity index is 1.46. The Morgan fingerprint density at radius 1 is 0.425 bits per heavy atom. The number of rotatable bonds is 55. The van der Waals surface area contributed by atoms with Crippen molar-refractivity contribution in [2.45, 2.75) is 169 Å². The average Bonchev–Trinajstić information content (AvgIpc) is 1.44. The van der Waals surface area contributed by atoms with Crippen molar-refractivity contribution >= 4 is 125 Å². The van der Waals surface area contributed by atoms with Gasteiger partial charge in [0.05, 0.1) is 31.8 Å². The quantitative estimate of drug-likeness (QED) is 0.0127. The maximum atomic E-state index is 15.4. The van der Waals surface area contributed by atoms with Crippen LogP contribution in [0.25, 0.3) is 10.9 Å². The number of carbonyl (C=O) groups excluding carboxylic acids is 14. The number of aliphatic carboxylic acids is 1. The lowest BCUT2D eigenvalue weighted by Crippen LogP contribution is -2.63. The van der Waals surface area contributed by atoms with Crippen molar-refractivity contribution in [3.63, 3.8) is 0 Å². The predicted octanol–water partition coefficient (Wildman–Crippen LogP) is -6.58. The average molecular weight is 1710 g/mol. The van der Waals surface area contributed by atoms with Crippen LogP contribution in [0.3, 0.4) is 0 Å². The van der Waals surface area contributed by atoms with Gasteiger partial charge in [-0.05, 0) is 93.8 Å². The summed E-state index contributed by atoms with van der Waals surface area (Å²) in [5.41, 5.74) is 31.0. The van der Waals surface area contributed by atoms with Crippen LogP contribution in [0.1, 0.15) is 81.0 Å². The molecule has 0 aliphatic rings. The van der Waals surface area contributed by atoms with Gasteiger partial charge in [-0.2, -0.15) is 25.3 Å². The molecule has 14 amide bonds. The van der Waals surface area contributed by atoms with E-state index in [1.54, 1.807) is 121 Å². The molecule has 0 unspecified atom stereocenters. The van der Waals surface area contributed by atoms with Gasteiger partial charge in [0.2, 0.25) is 82.7 Å². The molecule has 0 fully saturated rings. The lowest BCUT2D eigenvalue weighted by Gasteiger charge is -2.29. The number of aromatic amines is 1. The maximum Gasteiger partial charge on any atom is 0.323 e. The Bertz CT molecular complexity index is 4200. The fourth-order valence-electron chi connectivity index (χ4n) is 12.5. The molecule has 0 radical (unpaired) electrons. The van der Waals surface area contributed by atoms with Gasteiger partial charge in [0, 0.05) is 80.5 Å². The first-order valence-corrected chi connectivity index (χ1v) is 40.4. The molecule has 41 heteroatoms. The van der Waals surface area contributed by atoms with Crippen LogP contribution in [0.5, 0.6) is 0 Å². The van der Waals surface area contributed by atoms with Crippen LogP contribution in [0.15, 0.2) is 121 Å². The summed E-state index contributed by atoms with van der Waals surface area (Å²) in [4.78, 5) is 214. The van der Waals surface area contributed by atoms with E-state index >= 15 is 14.4 Å². The summed E-state index contributed by atoms with van der Waals surface area (Å²) in [5.74, 6) is -16.1. The summed E-state index contributed by atoms with van der Waals surface area (Å²) in [5, 5.41) is 75.7. The van der Waals surface area contributed by atoms with Gasteiger partial charge in [-0.3, -0.25) is 71.9 Å². The number of nitrogens with zero attached hydrogens (tertiary/aromatic N) is 1. The minimum atomic E-state index is -1.94. The van der Waals surface area contributed by atoms with E-state index in [1.807, 2.05) is 0 Å². The van der Waals surface area contributed by atoms with Gasteiger partial charge in [-0.1, -0.05) is 109 Å². The Hall–Kier alpha value is -11.1. The molecule has 5 rings (SSSR count). The van der Waals surface area contributed by atoms with Crippen molar-refractivity contribution < 1.29 is 92.3 Å². The Kier molecular flexibility index (Phi) is 43.7. The fraction of sp³-hybridized carbons (Fsp3) is 0.481. The highest BCUT2D eigenvalue weighted by Crippen LogP contribution is 2.21. The molecule has 0 saturated carbocycles. The summed E-state index contributed by atoms with van der Waals surface area (Å²) < 4.78 is 0. The van der Waals surface area contributed by atoms with E-state index in [-0.39, 0.29) is 102 Å². The van der Waals surface area contributed by atoms with Crippen LogP contribution in [-0.2, 0) is 97.6 Å². The number of para-hydroxylation sites is 1. The standard InChI is InChI=1S/C79H114N20O19S2/c1-45(101)66(77(116)94-57(36-49-22-10-5-11-23-49)74(113)98-67(46(2)102)78(117)95-60(42-100)75(114)96-62(44-120)79(118)99(33-31-83)41-65(105)106)97-69(108)54(27-15-17-29-81)88-72(111)58(37-50-39-86-52-25-13-12-24-51(50)52)92-71(110)56(35-48-20-8-4-9-21-48)90-70(109)55(34-47-18-6-3-7-19-47)91-73(112)59(38-63(84)103)93-68(107)53(26-14-16-28-80)89-76(115)61(43-119)87-64(104)40-85-32-30-82/h3-13,18-25,39,45-46,53-62,66-67,85-86,100-102,119-120H,14-17,26-38,40-44,80-83H2,1-2H3,(H2,84,103)(H,87,104)(H,88,111)(H,89,115)(H,90,109)(H,91,112)(H,92,110)(H,93,107)(H,94,116)(H,95,117)(H,96,114)(H,97,108)(H,98,113)(H,105,106)/t45-,46-,53+,54+,55+,56+,57+,58+,59+,60+,61+,62+,66+,67+/m1/s1. The van der Waals surface area contributed by atoms with E-state index < -0.39 is 193 Å². The zero-order valence-corrected chi connectivity index (χ0v) is 68.6. The Morgan fingerprint density at radius 3 is 1.23 bits per heavy atom. The van der Waals surface area contributed by atoms with Crippen LogP contribution < -0.4 is 97.8 Å². The first-order chi connectivity index (χ1) is 57.4. The molecule has 39 nitrogen and oxygen atoms in total. The molecule has 0 saturated heterocycles. The number of H-pyrrole nitrogens is 1. The molecular formula is C79H114N20O19S2. The normalized spacial score (nSPS) is 14.7. The van der Waals surface area contributed by atoms with Gasteiger partial charge in [-0.25, -0.2) is 0 Å². The first kappa shape index (κ1) is 99.4. The van der Waals surface area contributed by atoms with E-state index in [0.29, 0.717) is 52.5 Å². The third kappa shape index (κ3) is 33.6. The molecule has 28 N–H and O–H groups in total. The highest BCUT2D eigenvalue weighted by Gasteiger charge is 2.40. The van der Waals surface area contributed by atoms with Crippen LogP contribution in [0.2, 0.25) is 0 Å². The van der Waals surface area contributed by atoms with E-state index in [1.165, 1.54) is 0 Å². The maximum absolute atomic E-state index is 15.4. The van der Waals surface area contributed by atoms with Crippen molar-refractivity contribution in [3.8, 4) is 0 Å². The number of nitrogens with one attached hydrogen (secondary N) is 14. The highest BCUT2D eigenvalue weighted by molar-refractivity contribution is 7.80. The number of hydrogen-bond acceptors (Lipinski definition) is 25. The number of unbranched alkanes of at least 4 members (excludes halogenated alkanes) is 2. The zero-order chi connectivity index (χ0) is 88.4. The summed E-state index contributed by atoms with van der Waals surface area (Å²) in [6, 6.07) is 12.0. The fourth-order valence-corrected chi connectivity index (χ4v) is 13.0. The number of benzene rings is 4. The molecule has 120 heavy (non-hydrogen) atoms. The number of fused-ring (bicyclic) bond motifs is 1. The molecule has 14 atom stereocenters. The van der Waals surface area contributed by atoms with E-state index in [2.05, 4.69) is 99.4 Å². The summed E-state index contributed by atoms with van der Waals surface area (Å²) in [6.07, 6.45) is -2.93. The number of carboxylic acid groups (broad SMARTS) is 1. The largest absolute Gasteiger partial charge is 0.480 e. The first-order valence-electron chi connectivity index (χ1n) is 39.2. The second-order valence-electron chi connectivity index (χ2n) is 28.5. The minimum absolute atomic E-state index is 0.0337. The lowest BCUT2D eigenvalue weighted by molar-refractivity contribution is -0.145. The molecule has 1 aromatic heterocycles. The molecule has 5 aromatic rings. The number of aliphatic hydroxyl groups excluding tert-OH is 3. The van der Waals surface area contributed by atoms with Crippen LogP contribution in [-0.4, -0.2) is 274 Å². The smallest absolute Gasteiger partial charge is 0.323 e. The van der Waals surface area contributed by atoms with Gasteiger partial charge in [-0.15, -0.1) is 0 Å². The van der Waals surface area contributed by atoms with Gasteiger partial charge in [0.15, 0.2) is 0 Å². The molecule has 1 heterocycles. The van der Waals surface area contributed by atoms with Gasteiger partial charge in [0.1, 0.15) is 79.0 Å². The van der Waals surface area contributed by atoms with Crippen molar-refractivity contribution in [1.82, 2.24) is 79.0 Å². The Labute approximate surface area is 704 Å². The van der Waals surface area contributed by atoms with Crippen molar-refractivity contribution in [2.75, 3.05) is 70.5 Å². The van der Waals surface area contributed by atoms with Gasteiger partial charge in [0.25, 0.3) is 0 Å². The third-order valence-corrected chi connectivity index (χ3v) is 19.6. The van der Waals surface area contributed by atoms with Gasteiger partial charge < -0.3 is 128 Å². The van der Waals surface area contributed by atoms with Crippen LogP contribution >= 0.6 is 25.3 Å². The van der Waals surface area contributed by atoms with Gasteiger partial charge >= 0.3 is 5.97 Å². The second kappa shape index (κ2) is 52.7. The number of thiol groups is 2. The molecular weight excluding hydrogens is 1600 g/mol. The minimum Gasteiger partial charge on any atom is -0.480 e. The summed E-state index contributed by atoms with van der Waals surface area (Å²) in [6.45, 7) is 0.671. The number of nitrogens with two attached hydrogens (primary N) is 5. The number of aromatic nitrogens is 1. The number of amides is 14. The molecule has 4 aromatic carbocycles.